The van der Waals surface area contributed by atoms with E-state index in [0.717, 1.165) is 11.1 Å². The number of aromatic amines is 2. The smallest absolute Gasteiger partial charge is 0.261 e. The summed E-state index contributed by atoms with van der Waals surface area (Å²) in [7, 11) is 3.89. The third-order valence-corrected chi connectivity index (χ3v) is 7.75. The number of ether oxygens (including phenoxy) is 1. The zero-order valence-electron chi connectivity index (χ0n) is 24.7. The summed E-state index contributed by atoms with van der Waals surface area (Å²) in [6.45, 7) is 1.60. The number of aromatic nitrogens is 7. The van der Waals surface area contributed by atoms with Gasteiger partial charge in [0.2, 0.25) is 0 Å². The lowest BCUT2D eigenvalue weighted by Gasteiger charge is -2.15. The number of nitrogens with zero attached hydrogens (tertiary/aromatic N) is 7. The van der Waals surface area contributed by atoms with Crippen LogP contribution in [0.15, 0.2) is 61.1 Å². The van der Waals surface area contributed by atoms with E-state index < -0.39 is 11.7 Å². The Morgan fingerprint density at radius 3 is 2.73 bits per heavy atom. The molecule has 7 rings (SSSR count). The second-order valence-corrected chi connectivity index (χ2v) is 11.5. The van der Waals surface area contributed by atoms with Crippen LogP contribution in [0, 0.1) is 5.82 Å². The SMILES string of the molecule is CN(C)CCOc1cc(F)cc(-c2ccnc3[nH]c(-c4n[nH]c5ccc(-c6cncc(CN7CCC(F)(F)C7)c6)nc45)nc23)c1. The predicted octanol–water partition coefficient (Wildman–Crippen LogP) is 5.55. The van der Waals surface area contributed by atoms with Gasteiger partial charge in [-0.2, -0.15) is 5.10 Å². The maximum absolute atomic E-state index is 14.6. The van der Waals surface area contributed by atoms with E-state index in [0.29, 0.717) is 82.5 Å². The second kappa shape index (κ2) is 11.6. The molecule has 2 N–H and O–H groups in total. The van der Waals surface area contributed by atoms with Gasteiger partial charge >= 0.3 is 0 Å². The van der Waals surface area contributed by atoms with Crippen LogP contribution in [-0.4, -0.2) is 91.2 Å². The molecule has 1 saturated heterocycles. The number of hydrogen-bond acceptors (Lipinski definition) is 8. The summed E-state index contributed by atoms with van der Waals surface area (Å²) in [5, 5.41) is 7.50. The third-order valence-electron chi connectivity index (χ3n) is 7.75. The molecule has 0 unspecified atom stereocenters. The number of benzene rings is 1. The first-order valence-corrected chi connectivity index (χ1v) is 14.5. The van der Waals surface area contributed by atoms with Crippen LogP contribution in [0.4, 0.5) is 13.2 Å². The molecule has 45 heavy (non-hydrogen) atoms. The van der Waals surface area contributed by atoms with Gasteiger partial charge in [-0.3, -0.25) is 15.0 Å². The number of hydrogen-bond donors (Lipinski definition) is 2. The molecule has 0 amide bonds. The van der Waals surface area contributed by atoms with E-state index >= 15 is 0 Å². The number of halogens is 3. The van der Waals surface area contributed by atoms with Gasteiger partial charge in [0, 0.05) is 61.8 Å². The molecule has 13 heteroatoms. The van der Waals surface area contributed by atoms with Crippen LogP contribution >= 0.6 is 0 Å². The van der Waals surface area contributed by atoms with E-state index in [9.17, 15) is 13.2 Å². The maximum Gasteiger partial charge on any atom is 0.261 e. The summed E-state index contributed by atoms with van der Waals surface area (Å²) < 4.78 is 47.8. The number of pyridine rings is 3. The van der Waals surface area contributed by atoms with Crippen LogP contribution in [0.25, 0.3) is 56.1 Å². The van der Waals surface area contributed by atoms with Crippen molar-refractivity contribution in [2.45, 2.75) is 18.9 Å². The molecule has 0 spiro atoms. The highest BCUT2D eigenvalue weighted by Crippen LogP contribution is 2.33. The van der Waals surface area contributed by atoms with E-state index in [-0.39, 0.29) is 13.0 Å². The highest BCUT2D eigenvalue weighted by Gasteiger charge is 2.38. The van der Waals surface area contributed by atoms with Crippen LogP contribution in [0.1, 0.15) is 12.0 Å². The first-order chi connectivity index (χ1) is 21.7. The molecule has 230 valence electrons. The number of likely N-dealkylation sites (tertiary alicyclic amines) is 1. The van der Waals surface area contributed by atoms with Crippen LogP contribution in [0.3, 0.4) is 0 Å². The van der Waals surface area contributed by atoms with Crippen LogP contribution < -0.4 is 4.74 Å². The first kappa shape index (κ1) is 28.9. The molecule has 6 aromatic rings. The zero-order chi connectivity index (χ0) is 31.1. The summed E-state index contributed by atoms with van der Waals surface area (Å²) in [6, 6.07) is 12.0. The molecule has 0 bridgehead atoms. The lowest BCUT2D eigenvalue weighted by molar-refractivity contribution is 0.0115. The van der Waals surface area contributed by atoms with Gasteiger partial charge in [0.1, 0.15) is 29.2 Å². The summed E-state index contributed by atoms with van der Waals surface area (Å²) >= 11 is 0. The molecule has 0 saturated carbocycles. The maximum atomic E-state index is 14.6. The lowest BCUT2D eigenvalue weighted by atomic mass is 10.1. The fraction of sp³-hybridized carbons (Fsp3) is 0.281. The zero-order valence-corrected chi connectivity index (χ0v) is 24.7. The van der Waals surface area contributed by atoms with Crippen molar-refractivity contribution in [1.29, 1.82) is 0 Å². The quantitative estimate of drug-likeness (QED) is 0.219. The van der Waals surface area contributed by atoms with Crippen molar-refractivity contribution in [3.05, 3.63) is 72.4 Å². The Morgan fingerprint density at radius 2 is 1.91 bits per heavy atom. The molecule has 0 radical (unpaired) electrons. The van der Waals surface area contributed by atoms with Crippen molar-refractivity contribution in [2.24, 2.45) is 0 Å². The van der Waals surface area contributed by atoms with Crippen molar-refractivity contribution < 1.29 is 17.9 Å². The Morgan fingerprint density at radius 1 is 1.02 bits per heavy atom. The van der Waals surface area contributed by atoms with E-state index in [2.05, 4.69) is 25.1 Å². The minimum atomic E-state index is -2.65. The number of likely N-dealkylation sites (N-methyl/N-ethyl adjacent to an activating group) is 1. The van der Waals surface area contributed by atoms with Gasteiger partial charge in [0.25, 0.3) is 5.92 Å². The lowest BCUT2D eigenvalue weighted by Crippen LogP contribution is -2.24. The average Bonchev–Trinajstić information content (AvgIpc) is 3.72. The van der Waals surface area contributed by atoms with Crippen molar-refractivity contribution in [3.63, 3.8) is 0 Å². The number of alkyl halides is 2. The Balaban J connectivity index is 1.20. The van der Waals surface area contributed by atoms with E-state index in [1.807, 2.05) is 37.2 Å². The molecule has 1 aliphatic heterocycles. The minimum Gasteiger partial charge on any atom is -0.492 e. The summed E-state index contributed by atoms with van der Waals surface area (Å²) in [4.78, 5) is 25.5. The van der Waals surface area contributed by atoms with Crippen molar-refractivity contribution in [3.8, 4) is 39.7 Å². The molecular weight excluding hydrogens is 583 g/mol. The molecule has 5 aromatic heterocycles. The first-order valence-electron chi connectivity index (χ1n) is 14.5. The minimum absolute atomic E-state index is 0.130. The molecule has 1 aliphatic rings. The topological polar surface area (TPSA) is 112 Å². The molecular formula is C32H30F3N9O. The summed E-state index contributed by atoms with van der Waals surface area (Å²) in [6.07, 6.45) is 4.90. The van der Waals surface area contributed by atoms with Crippen LogP contribution in [0.2, 0.25) is 0 Å². The largest absolute Gasteiger partial charge is 0.492 e. The normalized spacial score (nSPS) is 15.1. The standard InChI is InChI=1S/C32H30F3N9O/c1-43(2)9-10-45-23-13-20(12-22(33)14-23)24-5-7-37-30-27(24)39-31(40-30)29-28-26(41-42-29)4-3-25(38-28)21-11-19(15-36-16-21)17-44-8-6-32(34,35)18-44/h3-5,7,11-16H,6,8-10,17-18H2,1-2H3,(H,41,42)(H,37,39,40). The Hall–Kier alpha value is -4.88. The van der Waals surface area contributed by atoms with Gasteiger partial charge in [0.15, 0.2) is 17.2 Å². The number of fused-ring (bicyclic) bond motifs is 2. The molecule has 0 aliphatic carbocycles. The number of imidazole rings is 1. The molecule has 1 fully saturated rings. The summed E-state index contributed by atoms with van der Waals surface area (Å²) in [5.74, 6) is -2.19. The molecule has 0 atom stereocenters. The average molecular weight is 614 g/mol. The predicted molar refractivity (Wildman–Crippen MR) is 164 cm³/mol. The molecule has 6 heterocycles. The van der Waals surface area contributed by atoms with Gasteiger partial charge < -0.3 is 14.6 Å². The highest BCUT2D eigenvalue weighted by molar-refractivity contribution is 5.95. The van der Waals surface area contributed by atoms with Gasteiger partial charge in [-0.25, -0.2) is 28.1 Å². The van der Waals surface area contributed by atoms with Gasteiger partial charge in [-0.1, -0.05) is 0 Å². The van der Waals surface area contributed by atoms with E-state index in [4.69, 9.17) is 14.7 Å². The third kappa shape index (κ3) is 6.08. The van der Waals surface area contributed by atoms with E-state index in [1.54, 1.807) is 35.6 Å². The Bertz CT molecular complexity index is 2010. The Kier molecular flexibility index (Phi) is 7.42. The summed E-state index contributed by atoms with van der Waals surface area (Å²) in [5.41, 5.74) is 6.39. The fourth-order valence-electron chi connectivity index (χ4n) is 5.54. The van der Waals surface area contributed by atoms with E-state index in [1.165, 1.54) is 12.1 Å². The molecule has 10 nitrogen and oxygen atoms in total. The van der Waals surface area contributed by atoms with Gasteiger partial charge in [-0.15, -0.1) is 0 Å². The second-order valence-electron chi connectivity index (χ2n) is 11.5. The monoisotopic (exact) mass is 613 g/mol. The molecule has 1 aromatic carbocycles. The van der Waals surface area contributed by atoms with Crippen LogP contribution in [0.5, 0.6) is 5.75 Å². The van der Waals surface area contributed by atoms with Crippen molar-refractivity contribution in [2.75, 3.05) is 40.3 Å². The fourth-order valence-corrected chi connectivity index (χ4v) is 5.54. The number of rotatable bonds is 9. The number of H-pyrrole nitrogens is 2. The van der Waals surface area contributed by atoms with Crippen molar-refractivity contribution in [1.82, 2.24) is 44.9 Å². The van der Waals surface area contributed by atoms with Gasteiger partial charge in [-0.05, 0) is 61.6 Å². The highest BCUT2D eigenvalue weighted by atomic mass is 19.3. The van der Waals surface area contributed by atoms with Crippen LogP contribution in [-0.2, 0) is 6.54 Å². The van der Waals surface area contributed by atoms with Gasteiger partial charge in [0.05, 0.1) is 17.8 Å². The Labute approximate surface area is 256 Å². The van der Waals surface area contributed by atoms with Crippen molar-refractivity contribution >= 4 is 22.2 Å². The number of nitrogens with one attached hydrogen (secondary N) is 2.